The molecule has 2 heterocycles. The fourth-order valence-electron chi connectivity index (χ4n) is 2.47. The van der Waals surface area contributed by atoms with Crippen molar-refractivity contribution < 1.29 is 4.79 Å². The number of pyridine rings is 1. The summed E-state index contributed by atoms with van der Waals surface area (Å²) in [6, 6.07) is 18.3. The Morgan fingerprint density at radius 2 is 1.92 bits per heavy atom. The molecule has 0 aliphatic carbocycles. The average molecular weight is 366 g/mol. The normalized spacial score (nSPS) is 10.8. The number of aromatic nitrogens is 2. The number of halogens is 1. The first-order valence-corrected chi connectivity index (χ1v) is 8.78. The zero-order valence-electron chi connectivity index (χ0n) is 12.9. The number of fused-ring (bicyclic) bond motifs is 1. The van der Waals surface area contributed by atoms with Gasteiger partial charge in [0.05, 0.1) is 10.6 Å². The Hall–Kier alpha value is -2.76. The standard InChI is InChI=1S/C19H12ClN3OS/c20-15-8-2-1-7-14(15)17(24)22-13-6-3-5-12(11-13)18-23-16-9-4-10-21-19(16)25-18/h1-11H,(H,22,24). The molecule has 0 aliphatic rings. The highest BCUT2D eigenvalue weighted by molar-refractivity contribution is 7.21. The van der Waals surface area contributed by atoms with Gasteiger partial charge >= 0.3 is 0 Å². The quantitative estimate of drug-likeness (QED) is 0.538. The molecule has 0 bridgehead atoms. The lowest BCUT2D eigenvalue weighted by Crippen LogP contribution is -2.12. The fraction of sp³-hybridized carbons (Fsp3) is 0. The van der Waals surface area contributed by atoms with Gasteiger partial charge in [-0.2, -0.15) is 0 Å². The molecule has 0 atom stereocenters. The van der Waals surface area contributed by atoms with Crippen LogP contribution in [-0.4, -0.2) is 15.9 Å². The molecule has 4 rings (SSSR count). The molecule has 0 aliphatic heterocycles. The number of nitrogens with one attached hydrogen (secondary N) is 1. The van der Waals surface area contributed by atoms with Crippen LogP contribution < -0.4 is 5.32 Å². The van der Waals surface area contributed by atoms with Gasteiger partial charge in [-0.15, -0.1) is 0 Å². The number of anilines is 1. The molecule has 4 nitrogen and oxygen atoms in total. The summed E-state index contributed by atoms with van der Waals surface area (Å²) in [5.74, 6) is -0.242. The highest BCUT2D eigenvalue weighted by atomic mass is 35.5. The minimum absolute atomic E-state index is 0.242. The summed E-state index contributed by atoms with van der Waals surface area (Å²) in [4.78, 5) is 22.2. The third kappa shape index (κ3) is 3.24. The van der Waals surface area contributed by atoms with Gasteiger partial charge in [-0.05, 0) is 36.4 Å². The molecule has 0 unspecified atom stereocenters. The minimum Gasteiger partial charge on any atom is -0.322 e. The SMILES string of the molecule is O=C(Nc1cccc(-c2nc3cccnc3s2)c1)c1ccccc1Cl. The molecule has 0 saturated heterocycles. The van der Waals surface area contributed by atoms with Crippen LogP contribution in [0, 0.1) is 0 Å². The van der Waals surface area contributed by atoms with Gasteiger partial charge in [0, 0.05) is 17.4 Å². The van der Waals surface area contributed by atoms with E-state index in [2.05, 4.69) is 15.3 Å². The van der Waals surface area contributed by atoms with Gasteiger partial charge in [0.1, 0.15) is 15.4 Å². The molecule has 25 heavy (non-hydrogen) atoms. The van der Waals surface area contributed by atoms with Crippen LogP contribution in [0.5, 0.6) is 0 Å². The number of benzene rings is 2. The van der Waals surface area contributed by atoms with Crippen LogP contribution in [0.4, 0.5) is 5.69 Å². The predicted molar refractivity (Wildman–Crippen MR) is 102 cm³/mol. The van der Waals surface area contributed by atoms with Crippen LogP contribution in [0.3, 0.4) is 0 Å². The molecule has 0 spiro atoms. The number of carbonyl (C=O) groups excluding carboxylic acids is 1. The van der Waals surface area contributed by atoms with Gasteiger partial charge in [0.25, 0.3) is 5.91 Å². The predicted octanol–water partition coefficient (Wildman–Crippen LogP) is 5.26. The highest BCUT2D eigenvalue weighted by Gasteiger charge is 2.11. The first-order valence-electron chi connectivity index (χ1n) is 7.58. The summed E-state index contributed by atoms with van der Waals surface area (Å²) in [7, 11) is 0. The van der Waals surface area contributed by atoms with Gasteiger partial charge in [0.2, 0.25) is 0 Å². The van der Waals surface area contributed by atoms with Crippen LogP contribution in [-0.2, 0) is 0 Å². The van der Waals surface area contributed by atoms with Gasteiger partial charge in [-0.1, -0.05) is 47.2 Å². The average Bonchev–Trinajstić information content (AvgIpc) is 3.06. The van der Waals surface area contributed by atoms with E-state index in [0.29, 0.717) is 16.3 Å². The summed E-state index contributed by atoms with van der Waals surface area (Å²) >= 11 is 7.60. The van der Waals surface area contributed by atoms with Crippen molar-refractivity contribution in [3.05, 3.63) is 77.4 Å². The van der Waals surface area contributed by atoms with E-state index in [1.54, 1.807) is 30.5 Å². The topological polar surface area (TPSA) is 54.9 Å². The maximum absolute atomic E-state index is 12.4. The summed E-state index contributed by atoms with van der Waals surface area (Å²) in [5.41, 5.74) is 2.93. The molecule has 2 aromatic heterocycles. The molecular weight excluding hydrogens is 354 g/mol. The van der Waals surface area contributed by atoms with Crippen molar-refractivity contribution in [2.75, 3.05) is 5.32 Å². The van der Waals surface area contributed by atoms with E-state index in [1.165, 1.54) is 11.3 Å². The number of amides is 1. The molecule has 1 amide bonds. The number of hydrogen-bond acceptors (Lipinski definition) is 4. The van der Waals surface area contributed by atoms with Crippen LogP contribution in [0.1, 0.15) is 10.4 Å². The van der Waals surface area contributed by atoms with E-state index in [0.717, 1.165) is 20.9 Å². The molecule has 122 valence electrons. The summed E-state index contributed by atoms with van der Waals surface area (Å²) in [6.45, 7) is 0. The molecule has 0 fully saturated rings. The molecular formula is C19H12ClN3OS. The van der Waals surface area contributed by atoms with Crippen molar-refractivity contribution in [3.63, 3.8) is 0 Å². The van der Waals surface area contributed by atoms with Gasteiger partial charge in [0.15, 0.2) is 0 Å². The van der Waals surface area contributed by atoms with E-state index in [4.69, 9.17) is 11.6 Å². The third-order valence-electron chi connectivity index (χ3n) is 3.65. The number of carbonyl (C=O) groups is 1. The van der Waals surface area contributed by atoms with E-state index < -0.39 is 0 Å². The monoisotopic (exact) mass is 365 g/mol. The van der Waals surface area contributed by atoms with E-state index in [9.17, 15) is 4.79 Å². The lowest BCUT2D eigenvalue weighted by Gasteiger charge is -2.07. The van der Waals surface area contributed by atoms with Gasteiger partial charge in [-0.25, -0.2) is 9.97 Å². The van der Waals surface area contributed by atoms with Crippen LogP contribution >= 0.6 is 22.9 Å². The summed E-state index contributed by atoms with van der Waals surface area (Å²) in [5, 5.41) is 4.17. The molecule has 2 aromatic carbocycles. The van der Waals surface area contributed by atoms with Crippen molar-refractivity contribution in [1.82, 2.24) is 9.97 Å². The zero-order valence-corrected chi connectivity index (χ0v) is 14.5. The Labute approximate surface area is 153 Å². The minimum atomic E-state index is -0.242. The Kier molecular flexibility index (Phi) is 4.17. The lowest BCUT2D eigenvalue weighted by atomic mass is 10.2. The lowest BCUT2D eigenvalue weighted by molar-refractivity contribution is 0.102. The second kappa shape index (κ2) is 6.63. The maximum Gasteiger partial charge on any atom is 0.257 e. The second-order valence-electron chi connectivity index (χ2n) is 5.36. The van der Waals surface area contributed by atoms with E-state index in [1.807, 2.05) is 36.4 Å². The van der Waals surface area contributed by atoms with Gasteiger partial charge < -0.3 is 5.32 Å². The highest BCUT2D eigenvalue weighted by Crippen LogP contribution is 2.30. The molecule has 6 heteroatoms. The first kappa shape index (κ1) is 15.7. The summed E-state index contributed by atoms with van der Waals surface area (Å²) in [6.07, 6.45) is 1.75. The van der Waals surface area contributed by atoms with E-state index >= 15 is 0 Å². The van der Waals surface area contributed by atoms with Crippen molar-refractivity contribution in [2.24, 2.45) is 0 Å². The third-order valence-corrected chi connectivity index (χ3v) is 5.01. The van der Waals surface area contributed by atoms with Crippen molar-refractivity contribution in [1.29, 1.82) is 0 Å². The maximum atomic E-state index is 12.4. The molecule has 0 radical (unpaired) electrons. The Morgan fingerprint density at radius 1 is 1.04 bits per heavy atom. The van der Waals surface area contributed by atoms with Gasteiger partial charge in [-0.3, -0.25) is 4.79 Å². The van der Waals surface area contributed by atoms with E-state index in [-0.39, 0.29) is 5.91 Å². The van der Waals surface area contributed by atoms with Crippen LogP contribution in [0.15, 0.2) is 66.9 Å². The van der Waals surface area contributed by atoms with Crippen LogP contribution in [0.25, 0.3) is 20.9 Å². The molecule has 1 N–H and O–H groups in total. The number of thiazole rings is 1. The molecule has 0 saturated carbocycles. The largest absolute Gasteiger partial charge is 0.322 e. The van der Waals surface area contributed by atoms with Crippen LogP contribution in [0.2, 0.25) is 5.02 Å². The summed E-state index contributed by atoms with van der Waals surface area (Å²) < 4.78 is 0. The Balaban J connectivity index is 1.63. The zero-order chi connectivity index (χ0) is 17.2. The molecule has 4 aromatic rings. The van der Waals surface area contributed by atoms with Crippen molar-refractivity contribution in [2.45, 2.75) is 0 Å². The first-order chi connectivity index (χ1) is 12.2. The Morgan fingerprint density at radius 3 is 2.76 bits per heavy atom. The number of rotatable bonds is 3. The second-order valence-corrected chi connectivity index (χ2v) is 6.75. The fourth-order valence-corrected chi connectivity index (χ4v) is 3.59. The van der Waals surface area contributed by atoms with Crippen molar-refractivity contribution in [3.8, 4) is 10.6 Å². The Bertz CT molecular complexity index is 1040. The number of hydrogen-bond donors (Lipinski definition) is 1. The van der Waals surface area contributed by atoms with Crippen molar-refractivity contribution >= 4 is 44.9 Å². The number of nitrogens with zero attached hydrogens (tertiary/aromatic N) is 2. The smallest absolute Gasteiger partial charge is 0.257 e.